The Labute approximate surface area is 134 Å². The highest BCUT2D eigenvalue weighted by molar-refractivity contribution is 6.33. The van der Waals surface area contributed by atoms with Crippen LogP contribution in [0, 0.1) is 11.6 Å². The molecule has 2 aromatic carbocycles. The molecule has 0 aliphatic rings. The number of hydrogen-bond donors (Lipinski definition) is 0. The van der Waals surface area contributed by atoms with E-state index in [2.05, 4.69) is 4.98 Å². The highest BCUT2D eigenvalue weighted by atomic mass is 35.5. The van der Waals surface area contributed by atoms with Gasteiger partial charge in [-0.25, -0.2) is 13.8 Å². The summed E-state index contributed by atoms with van der Waals surface area (Å²) in [6, 6.07) is 11.2. The third-order valence-electron chi connectivity index (χ3n) is 3.51. The van der Waals surface area contributed by atoms with Crippen LogP contribution < -0.4 is 0 Å². The molecule has 0 atom stereocenters. The molecule has 0 spiro atoms. The van der Waals surface area contributed by atoms with Gasteiger partial charge in [0.15, 0.2) is 17.2 Å². The van der Waals surface area contributed by atoms with E-state index in [0.717, 1.165) is 17.8 Å². The van der Waals surface area contributed by atoms with Crippen LogP contribution in [0.3, 0.4) is 0 Å². The second-order valence-corrected chi connectivity index (χ2v) is 5.41. The molecule has 0 radical (unpaired) electrons. The summed E-state index contributed by atoms with van der Waals surface area (Å²) in [7, 11) is 0. The van der Waals surface area contributed by atoms with Crippen LogP contribution in [0.15, 0.2) is 59.3 Å². The number of halogens is 3. The molecule has 114 valence electrons. The predicted molar refractivity (Wildman–Crippen MR) is 83.7 cm³/mol. The third-order valence-corrected chi connectivity index (χ3v) is 3.83. The number of fused-ring (bicyclic) bond motifs is 1. The van der Waals surface area contributed by atoms with Crippen LogP contribution in [0.2, 0.25) is 5.02 Å². The molecule has 2 aromatic heterocycles. The van der Waals surface area contributed by atoms with E-state index in [1.807, 2.05) is 41.2 Å². The second kappa shape index (κ2) is 5.21. The van der Waals surface area contributed by atoms with Crippen molar-refractivity contribution in [3.8, 4) is 17.1 Å². The van der Waals surface area contributed by atoms with Crippen molar-refractivity contribution in [1.29, 1.82) is 0 Å². The molecule has 6 heteroatoms. The van der Waals surface area contributed by atoms with E-state index in [0.29, 0.717) is 11.1 Å². The van der Waals surface area contributed by atoms with E-state index >= 15 is 0 Å². The maximum Gasteiger partial charge on any atom is 0.228 e. The lowest BCUT2D eigenvalue weighted by molar-refractivity contribution is 0.508. The largest absolute Gasteiger partial charge is 0.436 e. The summed E-state index contributed by atoms with van der Waals surface area (Å²) in [4.78, 5) is 4.33. The summed E-state index contributed by atoms with van der Waals surface area (Å²) in [6.45, 7) is 0. The lowest BCUT2D eigenvalue weighted by atomic mass is 10.2. The Hall–Kier alpha value is -2.66. The van der Waals surface area contributed by atoms with Gasteiger partial charge in [-0.15, -0.1) is 0 Å². The van der Waals surface area contributed by atoms with E-state index in [4.69, 9.17) is 16.0 Å². The number of hydrogen-bond acceptors (Lipinski definition) is 2. The topological polar surface area (TPSA) is 31.0 Å². The lowest BCUT2D eigenvalue weighted by Crippen LogP contribution is -1.88. The van der Waals surface area contributed by atoms with Gasteiger partial charge in [0, 0.05) is 18.1 Å². The lowest BCUT2D eigenvalue weighted by Gasteiger charge is -2.00. The zero-order valence-corrected chi connectivity index (χ0v) is 12.4. The SMILES string of the molecule is Fc1cc(Cl)c(-c2nc3cc(-n4cccc4)ccc3o2)cc1F. The van der Waals surface area contributed by atoms with Crippen LogP contribution in [0.5, 0.6) is 0 Å². The summed E-state index contributed by atoms with van der Waals surface area (Å²) < 4.78 is 34.2. The summed E-state index contributed by atoms with van der Waals surface area (Å²) in [5.41, 5.74) is 2.27. The van der Waals surface area contributed by atoms with Gasteiger partial charge in [0.05, 0.1) is 10.6 Å². The molecule has 0 saturated heterocycles. The van der Waals surface area contributed by atoms with Crippen molar-refractivity contribution in [2.24, 2.45) is 0 Å². The van der Waals surface area contributed by atoms with Gasteiger partial charge in [0.1, 0.15) is 5.52 Å². The molecule has 0 unspecified atom stereocenters. The molecule has 2 heterocycles. The smallest absolute Gasteiger partial charge is 0.228 e. The van der Waals surface area contributed by atoms with Crippen LogP contribution in [0.1, 0.15) is 0 Å². The van der Waals surface area contributed by atoms with E-state index in [9.17, 15) is 8.78 Å². The Kier molecular flexibility index (Phi) is 3.16. The number of benzene rings is 2. The van der Waals surface area contributed by atoms with Crippen molar-refractivity contribution in [3.05, 3.63) is 71.5 Å². The first-order valence-electron chi connectivity index (χ1n) is 6.81. The predicted octanol–water partition coefficient (Wildman–Crippen LogP) is 5.22. The van der Waals surface area contributed by atoms with E-state index in [1.54, 1.807) is 6.07 Å². The zero-order valence-electron chi connectivity index (χ0n) is 11.6. The molecule has 0 aliphatic carbocycles. The van der Waals surface area contributed by atoms with Gasteiger partial charge in [-0.2, -0.15) is 0 Å². The molecule has 4 rings (SSSR count). The average Bonchev–Trinajstić information content (AvgIpc) is 3.18. The van der Waals surface area contributed by atoms with Crippen molar-refractivity contribution in [2.75, 3.05) is 0 Å². The quantitative estimate of drug-likeness (QED) is 0.472. The fourth-order valence-electron chi connectivity index (χ4n) is 2.38. The Morgan fingerprint density at radius 2 is 1.74 bits per heavy atom. The average molecular weight is 331 g/mol. The Morgan fingerprint density at radius 3 is 2.52 bits per heavy atom. The Morgan fingerprint density at radius 1 is 1.00 bits per heavy atom. The minimum atomic E-state index is -1.01. The molecule has 4 aromatic rings. The number of rotatable bonds is 2. The Bertz CT molecular complexity index is 1010. The van der Waals surface area contributed by atoms with Crippen molar-refractivity contribution >= 4 is 22.7 Å². The fraction of sp³-hybridized carbons (Fsp3) is 0. The van der Waals surface area contributed by atoms with E-state index in [1.165, 1.54) is 0 Å². The molecule has 0 N–H and O–H groups in total. The van der Waals surface area contributed by atoms with Gasteiger partial charge >= 0.3 is 0 Å². The van der Waals surface area contributed by atoms with E-state index < -0.39 is 11.6 Å². The summed E-state index contributed by atoms with van der Waals surface area (Å²) in [6.07, 6.45) is 3.82. The maximum atomic E-state index is 13.4. The van der Waals surface area contributed by atoms with Crippen LogP contribution in [0.25, 0.3) is 28.2 Å². The van der Waals surface area contributed by atoms with Gasteiger partial charge in [-0.3, -0.25) is 0 Å². The van der Waals surface area contributed by atoms with Crippen LogP contribution in [-0.2, 0) is 0 Å². The maximum absolute atomic E-state index is 13.4. The van der Waals surface area contributed by atoms with Crippen LogP contribution in [0.4, 0.5) is 8.78 Å². The molecule has 23 heavy (non-hydrogen) atoms. The molecule has 3 nitrogen and oxygen atoms in total. The normalized spacial score (nSPS) is 11.3. The van der Waals surface area contributed by atoms with E-state index in [-0.39, 0.29) is 16.5 Å². The minimum Gasteiger partial charge on any atom is -0.436 e. The molecule has 0 aliphatic heterocycles. The van der Waals surface area contributed by atoms with Crippen LogP contribution >= 0.6 is 11.6 Å². The number of aromatic nitrogens is 2. The molecular weight excluding hydrogens is 322 g/mol. The third kappa shape index (κ3) is 2.39. The van der Waals surface area contributed by atoms with Crippen molar-refractivity contribution in [3.63, 3.8) is 0 Å². The number of nitrogens with zero attached hydrogens (tertiary/aromatic N) is 2. The highest BCUT2D eigenvalue weighted by Crippen LogP contribution is 2.32. The zero-order chi connectivity index (χ0) is 16.0. The number of oxazole rings is 1. The minimum absolute atomic E-state index is 0.0427. The van der Waals surface area contributed by atoms with Gasteiger partial charge in [-0.1, -0.05) is 11.6 Å². The van der Waals surface area contributed by atoms with Gasteiger partial charge in [0.2, 0.25) is 5.89 Å². The van der Waals surface area contributed by atoms with Crippen LogP contribution in [-0.4, -0.2) is 9.55 Å². The van der Waals surface area contributed by atoms with Crippen molar-refractivity contribution in [1.82, 2.24) is 9.55 Å². The molecule has 0 amide bonds. The van der Waals surface area contributed by atoms with Crippen molar-refractivity contribution < 1.29 is 13.2 Å². The molecular formula is C17H9ClF2N2O. The summed E-state index contributed by atoms with van der Waals surface area (Å²) in [5, 5.41) is 0.0427. The molecule has 0 saturated carbocycles. The van der Waals surface area contributed by atoms with Gasteiger partial charge in [-0.05, 0) is 42.5 Å². The van der Waals surface area contributed by atoms with Gasteiger partial charge in [0.25, 0.3) is 0 Å². The first-order chi connectivity index (χ1) is 11.1. The second-order valence-electron chi connectivity index (χ2n) is 5.01. The molecule has 0 fully saturated rings. The summed E-state index contributed by atoms with van der Waals surface area (Å²) in [5.74, 6) is -1.86. The van der Waals surface area contributed by atoms with Crippen molar-refractivity contribution in [2.45, 2.75) is 0 Å². The Balaban J connectivity index is 1.85. The van der Waals surface area contributed by atoms with Gasteiger partial charge < -0.3 is 8.98 Å². The fourth-order valence-corrected chi connectivity index (χ4v) is 2.62. The first kappa shape index (κ1) is 14.0. The monoisotopic (exact) mass is 330 g/mol. The first-order valence-corrected chi connectivity index (χ1v) is 7.18. The summed E-state index contributed by atoms with van der Waals surface area (Å²) >= 11 is 5.97. The highest BCUT2D eigenvalue weighted by Gasteiger charge is 2.16. The standard InChI is InChI=1S/C17H9ClF2N2O/c18-12-9-14(20)13(19)8-11(12)17-21-15-7-10(3-4-16(15)23-17)22-5-1-2-6-22/h1-9H. The molecule has 0 bridgehead atoms.